The first-order valence-corrected chi connectivity index (χ1v) is 8.44. The highest BCUT2D eigenvalue weighted by atomic mass is 19.1. The van der Waals surface area contributed by atoms with E-state index < -0.39 is 6.04 Å². The van der Waals surface area contributed by atoms with Crippen molar-refractivity contribution in [3.8, 4) is 5.75 Å². The van der Waals surface area contributed by atoms with Crippen molar-refractivity contribution in [3.05, 3.63) is 30.1 Å². The monoisotopic (exact) mass is 341 g/mol. The van der Waals surface area contributed by atoms with Gasteiger partial charge in [-0.2, -0.15) is 0 Å². The fraction of sp³-hybridized carbons (Fsp3) is 0.611. The minimum atomic E-state index is -0.465. The van der Waals surface area contributed by atoms with Gasteiger partial charge in [0.25, 0.3) is 0 Å². The smallest absolute Gasteiger partial charge is 0.323 e. The zero-order valence-electron chi connectivity index (χ0n) is 14.4. The van der Waals surface area contributed by atoms with Crippen LogP contribution in [0, 0.1) is 5.82 Å². The quantitative estimate of drug-likeness (QED) is 0.826. The van der Waals surface area contributed by atoms with Crippen LogP contribution in [-0.2, 0) is 14.3 Å². The van der Waals surface area contributed by atoms with Gasteiger partial charge in [-0.3, -0.25) is 4.79 Å². The summed E-state index contributed by atoms with van der Waals surface area (Å²) in [7, 11) is 0. The summed E-state index contributed by atoms with van der Waals surface area (Å²) in [5.74, 6) is -0.516. The maximum Gasteiger partial charge on any atom is 0.323 e. The lowest BCUT2D eigenvalue weighted by Gasteiger charge is -2.20. The minimum Gasteiger partial charge on any atom is -0.508 e. The van der Waals surface area contributed by atoms with Gasteiger partial charge in [-0.1, -0.05) is 6.92 Å². The van der Waals surface area contributed by atoms with Crippen LogP contribution in [0.2, 0.25) is 0 Å². The van der Waals surface area contributed by atoms with E-state index in [1.807, 2.05) is 6.92 Å². The van der Waals surface area contributed by atoms with Gasteiger partial charge in [-0.15, -0.1) is 0 Å². The molecule has 3 N–H and O–H groups in total. The number of hydrogen-bond acceptors (Lipinski definition) is 5. The number of rotatable bonds is 3. The van der Waals surface area contributed by atoms with Gasteiger partial charge in [0.15, 0.2) is 0 Å². The Morgan fingerprint density at radius 2 is 2.00 bits per heavy atom. The lowest BCUT2D eigenvalue weighted by Crippen LogP contribution is -2.33. The van der Waals surface area contributed by atoms with E-state index in [0.717, 1.165) is 32.3 Å². The van der Waals surface area contributed by atoms with E-state index in [0.29, 0.717) is 6.42 Å². The van der Waals surface area contributed by atoms with Gasteiger partial charge in [0, 0.05) is 13.0 Å². The van der Waals surface area contributed by atoms with Crippen molar-refractivity contribution in [3.63, 3.8) is 0 Å². The molecule has 1 aromatic rings. The molecule has 1 saturated heterocycles. The Morgan fingerprint density at radius 3 is 2.58 bits per heavy atom. The number of esters is 1. The van der Waals surface area contributed by atoms with Crippen LogP contribution in [0.25, 0.3) is 0 Å². The second-order valence-electron chi connectivity index (χ2n) is 5.99. The molecule has 2 rings (SSSR count). The number of phenolic OH excluding ortho intramolecular Hbond substituents is 1. The van der Waals surface area contributed by atoms with Crippen molar-refractivity contribution in [1.29, 1.82) is 0 Å². The van der Waals surface area contributed by atoms with Crippen LogP contribution in [0.4, 0.5) is 4.39 Å². The average molecular weight is 341 g/mol. The van der Waals surface area contributed by atoms with E-state index in [9.17, 15) is 9.18 Å². The summed E-state index contributed by atoms with van der Waals surface area (Å²) < 4.78 is 23.0. The van der Waals surface area contributed by atoms with E-state index in [-0.39, 0.29) is 29.7 Å². The van der Waals surface area contributed by atoms with Crippen molar-refractivity contribution in [2.45, 2.75) is 64.2 Å². The molecule has 136 valence electrons. The third-order valence-corrected chi connectivity index (χ3v) is 3.64. The second-order valence-corrected chi connectivity index (χ2v) is 5.99. The van der Waals surface area contributed by atoms with Gasteiger partial charge in [-0.25, -0.2) is 4.39 Å². The molecule has 5 nitrogen and oxygen atoms in total. The maximum atomic E-state index is 12.0. The van der Waals surface area contributed by atoms with Gasteiger partial charge >= 0.3 is 5.97 Å². The van der Waals surface area contributed by atoms with Crippen LogP contribution in [0.1, 0.15) is 46.0 Å². The second kappa shape index (κ2) is 11.0. The summed E-state index contributed by atoms with van der Waals surface area (Å²) >= 11 is 0. The molecular formula is C18H28FNO4. The van der Waals surface area contributed by atoms with E-state index >= 15 is 0 Å². The molecule has 0 amide bonds. The third kappa shape index (κ3) is 8.26. The normalized spacial score (nSPS) is 24.7. The van der Waals surface area contributed by atoms with Crippen molar-refractivity contribution >= 4 is 5.97 Å². The average Bonchev–Trinajstić information content (AvgIpc) is 2.60. The van der Waals surface area contributed by atoms with E-state index in [1.165, 1.54) is 24.3 Å². The Hall–Kier alpha value is -1.66. The highest BCUT2D eigenvalue weighted by molar-refractivity contribution is 5.75. The molecule has 1 aliphatic rings. The molecule has 0 bridgehead atoms. The van der Waals surface area contributed by atoms with Crippen LogP contribution < -0.4 is 5.73 Å². The highest BCUT2D eigenvalue weighted by Gasteiger charge is 2.23. The van der Waals surface area contributed by atoms with Crippen molar-refractivity contribution < 1.29 is 23.8 Å². The summed E-state index contributed by atoms with van der Waals surface area (Å²) in [6, 6.07) is 4.54. The molecule has 0 radical (unpaired) electrons. The predicted molar refractivity (Wildman–Crippen MR) is 90.1 cm³/mol. The minimum absolute atomic E-state index is 0.0893. The number of aromatic hydroxyl groups is 1. The van der Waals surface area contributed by atoms with Crippen LogP contribution in [0.15, 0.2) is 24.3 Å². The fourth-order valence-corrected chi connectivity index (χ4v) is 2.38. The number of hydrogen-bond donors (Lipinski definition) is 2. The summed E-state index contributed by atoms with van der Waals surface area (Å²) in [5.41, 5.74) is 5.71. The molecule has 0 saturated carbocycles. The molecule has 1 heterocycles. The van der Waals surface area contributed by atoms with Crippen LogP contribution in [0.5, 0.6) is 5.75 Å². The molecule has 3 atom stereocenters. The maximum absolute atomic E-state index is 12.0. The summed E-state index contributed by atoms with van der Waals surface area (Å²) in [4.78, 5) is 11.5. The van der Waals surface area contributed by atoms with Gasteiger partial charge in [0.2, 0.25) is 0 Å². The van der Waals surface area contributed by atoms with Gasteiger partial charge < -0.3 is 20.3 Å². The summed E-state index contributed by atoms with van der Waals surface area (Å²) in [6.07, 6.45) is 4.48. The Balaban J connectivity index is 0.000000300. The molecule has 0 spiro atoms. The van der Waals surface area contributed by atoms with Gasteiger partial charge in [-0.05, 0) is 56.9 Å². The fourth-order valence-electron chi connectivity index (χ4n) is 2.38. The summed E-state index contributed by atoms with van der Waals surface area (Å²) in [5, 5.41) is 8.59. The largest absolute Gasteiger partial charge is 0.508 e. The number of carbonyl (C=O) groups excluding carboxylic acids is 1. The van der Waals surface area contributed by atoms with Crippen molar-refractivity contribution in [1.82, 2.24) is 0 Å². The first-order chi connectivity index (χ1) is 11.4. The first-order valence-electron chi connectivity index (χ1n) is 8.44. The zero-order chi connectivity index (χ0) is 17.9. The van der Waals surface area contributed by atoms with Crippen LogP contribution >= 0.6 is 0 Å². The Labute approximate surface area is 142 Å². The molecule has 1 aliphatic heterocycles. The first kappa shape index (κ1) is 20.4. The molecule has 2 unspecified atom stereocenters. The van der Waals surface area contributed by atoms with E-state index in [4.69, 9.17) is 20.3 Å². The number of phenols is 1. The molecular weight excluding hydrogens is 313 g/mol. The molecule has 0 aromatic heterocycles. The van der Waals surface area contributed by atoms with Gasteiger partial charge in [0.05, 0.1) is 6.10 Å². The highest BCUT2D eigenvalue weighted by Crippen LogP contribution is 2.17. The van der Waals surface area contributed by atoms with E-state index in [2.05, 4.69) is 6.92 Å². The lowest BCUT2D eigenvalue weighted by atomic mass is 10.0. The van der Waals surface area contributed by atoms with Crippen LogP contribution in [-0.4, -0.2) is 35.9 Å². The number of benzene rings is 1. The Kier molecular flexibility index (Phi) is 9.34. The number of carbonyl (C=O) groups is 1. The Bertz CT molecular complexity index is 459. The number of halogens is 1. The third-order valence-electron chi connectivity index (χ3n) is 3.64. The lowest BCUT2D eigenvalue weighted by molar-refractivity contribution is -0.151. The topological polar surface area (TPSA) is 81.8 Å². The van der Waals surface area contributed by atoms with Crippen molar-refractivity contribution in [2.75, 3.05) is 6.61 Å². The molecule has 24 heavy (non-hydrogen) atoms. The van der Waals surface area contributed by atoms with Crippen LogP contribution in [0.3, 0.4) is 0 Å². The number of nitrogens with two attached hydrogens (primary N) is 1. The molecule has 6 heteroatoms. The Morgan fingerprint density at radius 1 is 1.33 bits per heavy atom. The molecule has 0 aliphatic carbocycles. The zero-order valence-corrected chi connectivity index (χ0v) is 14.4. The standard InChI is InChI=1S/C12H23NO3.C6H5FO/c1-3-7-15-10-5-4-6-11(13)12(14)16-9(2)8-10;7-5-1-3-6(8)4-2-5/h9-11H,3-8,13H2,1-2H3;1-4,8H/t9?,10?,11-;/m0./s1. The SMILES string of the molecule is CCCOC1CCC[C@H](N)C(=O)OC(C)C1.Oc1ccc(F)cc1. The molecule has 1 aromatic carbocycles. The van der Waals surface area contributed by atoms with E-state index in [1.54, 1.807) is 0 Å². The van der Waals surface area contributed by atoms with Crippen molar-refractivity contribution in [2.24, 2.45) is 5.73 Å². The predicted octanol–water partition coefficient (Wildman–Crippen LogP) is 3.15. The molecule has 1 fully saturated rings. The van der Waals surface area contributed by atoms with Gasteiger partial charge in [0.1, 0.15) is 23.7 Å². The number of cyclic esters (lactones) is 1. The number of ether oxygens (including phenoxy) is 2. The summed E-state index contributed by atoms with van der Waals surface area (Å²) in [6.45, 7) is 4.77.